The third-order valence-corrected chi connectivity index (χ3v) is 6.13. The van der Waals surface area contributed by atoms with E-state index < -0.39 is 0 Å². The van der Waals surface area contributed by atoms with E-state index in [1.165, 1.54) is 0 Å². The summed E-state index contributed by atoms with van der Waals surface area (Å²) < 4.78 is 11.4. The number of nitrogens with one attached hydrogen (secondary N) is 3. The summed E-state index contributed by atoms with van der Waals surface area (Å²) in [5.74, 6) is 1.07. The van der Waals surface area contributed by atoms with E-state index in [1.54, 1.807) is 13.2 Å². The van der Waals surface area contributed by atoms with Crippen LogP contribution in [0.2, 0.25) is 0 Å². The summed E-state index contributed by atoms with van der Waals surface area (Å²) in [6.45, 7) is 1.85. The Morgan fingerprint density at radius 1 is 1.03 bits per heavy atom. The van der Waals surface area contributed by atoms with Gasteiger partial charge in [0, 0.05) is 29.8 Å². The molecule has 1 aliphatic carbocycles. The van der Waals surface area contributed by atoms with Crippen LogP contribution < -0.4 is 15.6 Å². The summed E-state index contributed by atoms with van der Waals surface area (Å²) in [5.41, 5.74) is 2.19. The molecule has 7 heteroatoms. The Kier molecular flexibility index (Phi) is 5.48. The quantitative estimate of drug-likeness (QED) is 0.408. The Hall–Kier alpha value is -3.84. The normalized spacial score (nSPS) is 17.5. The van der Waals surface area contributed by atoms with Crippen molar-refractivity contribution in [3.05, 3.63) is 82.4 Å². The maximum absolute atomic E-state index is 12.9. The van der Waals surface area contributed by atoms with Crippen molar-refractivity contribution in [2.45, 2.75) is 31.9 Å². The molecule has 0 saturated heterocycles. The maximum Gasteiger partial charge on any atom is 0.268 e. The van der Waals surface area contributed by atoms with Crippen LogP contribution in [-0.2, 0) is 4.74 Å². The minimum absolute atomic E-state index is 0.0501. The van der Waals surface area contributed by atoms with Crippen LogP contribution in [0.1, 0.15) is 29.0 Å². The van der Waals surface area contributed by atoms with Crippen molar-refractivity contribution in [1.82, 2.24) is 15.3 Å². The number of aryl methyl sites for hydroxylation is 1. The van der Waals surface area contributed by atoms with Gasteiger partial charge >= 0.3 is 0 Å². The average Bonchev–Trinajstić information content (AvgIpc) is 3.13. The van der Waals surface area contributed by atoms with Gasteiger partial charge in [0.25, 0.3) is 11.5 Å². The Labute approximate surface area is 190 Å². The van der Waals surface area contributed by atoms with E-state index in [0.29, 0.717) is 22.3 Å². The van der Waals surface area contributed by atoms with Crippen LogP contribution in [0.4, 0.5) is 0 Å². The summed E-state index contributed by atoms with van der Waals surface area (Å²) in [4.78, 5) is 31.8. The average molecular weight is 444 g/mol. The van der Waals surface area contributed by atoms with Crippen molar-refractivity contribution in [1.29, 1.82) is 0 Å². The lowest BCUT2D eigenvalue weighted by Gasteiger charge is -2.34. The molecule has 0 unspecified atom stereocenters. The minimum atomic E-state index is -0.303. The zero-order valence-corrected chi connectivity index (χ0v) is 18.5. The maximum atomic E-state index is 12.9. The fourth-order valence-corrected chi connectivity index (χ4v) is 4.30. The van der Waals surface area contributed by atoms with Gasteiger partial charge in [-0.3, -0.25) is 9.59 Å². The van der Waals surface area contributed by atoms with Crippen molar-refractivity contribution < 1.29 is 14.3 Å². The molecule has 1 saturated carbocycles. The van der Waals surface area contributed by atoms with Crippen molar-refractivity contribution in [2.24, 2.45) is 0 Å². The fourth-order valence-electron chi connectivity index (χ4n) is 4.30. The van der Waals surface area contributed by atoms with Crippen LogP contribution in [0.25, 0.3) is 22.0 Å². The molecule has 2 aromatic carbocycles. The highest BCUT2D eigenvalue weighted by atomic mass is 16.5. The summed E-state index contributed by atoms with van der Waals surface area (Å²) in [6, 6.07) is 18.9. The van der Waals surface area contributed by atoms with E-state index >= 15 is 0 Å². The van der Waals surface area contributed by atoms with E-state index in [0.717, 1.165) is 29.8 Å². The molecule has 1 amide bonds. The van der Waals surface area contributed by atoms with E-state index in [-0.39, 0.29) is 29.3 Å². The number of aromatic amines is 2. The number of pyridine rings is 1. The lowest BCUT2D eigenvalue weighted by atomic mass is 9.89. The Morgan fingerprint density at radius 2 is 1.76 bits per heavy atom. The molecule has 2 aromatic heterocycles. The van der Waals surface area contributed by atoms with Gasteiger partial charge in [-0.2, -0.15) is 0 Å². The second-order valence-corrected chi connectivity index (χ2v) is 8.34. The van der Waals surface area contributed by atoms with Crippen LogP contribution in [0.15, 0.2) is 65.5 Å². The van der Waals surface area contributed by atoms with Crippen molar-refractivity contribution in [3.8, 4) is 22.8 Å². The molecular weight excluding hydrogens is 418 g/mol. The van der Waals surface area contributed by atoms with Gasteiger partial charge in [0.05, 0.1) is 17.2 Å². The first kappa shape index (κ1) is 21.0. The van der Waals surface area contributed by atoms with Crippen LogP contribution >= 0.6 is 0 Å². The van der Waals surface area contributed by atoms with Gasteiger partial charge in [0.1, 0.15) is 17.2 Å². The van der Waals surface area contributed by atoms with Gasteiger partial charge in [-0.05, 0) is 50.1 Å². The molecule has 1 fully saturated rings. The standard InChI is InChI=1S/C26H25N3O4/c1-15-23-20(14-21(29-26(23)31)25(30)28-16-12-18(13-16)32-2)24(27-15)19-10-6-7-11-22(19)33-17-8-4-3-5-9-17/h3-11,14,16,18,27H,12-13H2,1-2H3,(H,28,30)(H,29,31)/t16-,18-. The van der Waals surface area contributed by atoms with Gasteiger partial charge in [0.2, 0.25) is 0 Å². The molecule has 3 N–H and O–H groups in total. The van der Waals surface area contributed by atoms with E-state index in [2.05, 4.69) is 15.3 Å². The molecule has 7 nitrogen and oxygen atoms in total. The first-order chi connectivity index (χ1) is 16.0. The highest BCUT2D eigenvalue weighted by molar-refractivity contribution is 6.03. The number of H-pyrrole nitrogens is 2. The van der Waals surface area contributed by atoms with Gasteiger partial charge < -0.3 is 24.8 Å². The second-order valence-electron chi connectivity index (χ2n) is 8.34. The van der Waals surface area contributed by atoms with Crippen molar-refractivity contribution in [2.75, 3.05) is 7.11 Å². The molecule has 0 spiro atoms. The summed E-state index contributed by atoms with van der Waals surface area (Å²) in [6.07, 6.45) is 1.72. The zero-order chi connectivity index (χ0) is 22.9. The second kappa shape index (κ2) is 8.60. The predicted octanol–water partition coefficient (Wildman–Crippen LogP) is 4.53. The molecule has 0 atom stereocenters. The number of aromatic nitrogens is 2. The smallest absolute Gasteiger partial charge is 0.268 e. The number of hydrogen-bond acceptors (Lipinski definition) is 4. The molecule has 2 heterocycles. The highest BCUT2D eigenvalue weighted by Gasteiger charge is 2.30. The Balaban J connectivity index is 1.53. The third-order valence-electron chi connectivity index (χ3n) is 6.13. The summed E-state index contributed by atoms with van der Waals surface area (Å²) in [5, 5.41) is 4.18. The first-order valence-electron chi connectivity index (χ1n) is 10.9. The SMILES string of the molecule is CO[C@H]1C[C@H](NC(=O)c2cc3c(-c4ccccc4Oc4ccccc4)[nH]c(C)c3c(=O)[nH]2)C1. The number of fused-ring (bicyclic) bond motifs is 1. The van der Waals surface area contributed by atoms with E-state index in [1.807, 2.05) is 61.5 Å². The lowest BCUT2D eigenvalue weighted by molar-refractivity contribution is 0.0175. The van der Waals surface area contributed by atoms with E-state index in [4.69, 9.17) is 9.47 Å². The minimum Gasteiger partial charge on any atom is -0.457 e. The molecule has 168 valence electrons. The molecule has 4 aromatic rings. The van der Waals surface area contributed by atoms with Gasteiger partial charge in [0.15, 0.2) is 0 Å². The number of carbonyl (C=O) groups is 1. The number of methoxy groups -OCH3 is 1. The topological polar surface area (TPSA) is 96.2 Å². The van der Waals surface area contributed by atoms with Gasteiger partial charge in [-0.15, -0.1) is 0 Å². The Morgan fingerprint density at radius 3 is 2.52 bits per heavy atom. The number of carbonyl (C=O) groups excluding carboxylic acids is 1. The molecule has 0 bridgehead atoms. The molecule has 0 radical (unpaired) electrons. The van der Waals surface area contributed by atoms with Crippen LogP contribution in [0, 0.1) is 6.92 Å². The van der Waals surface area contributed by atoms with Gasteiger partial charge in [-0.25, -0.2) is 0 Å². The lowest BCUT2D eigenvalue weighted by Crippen LogP contribution is -2.47. The predicted molar refractivity (Wildman–Crippen MR) is 127 cm³/mol. The largest absolute Gasteiger partial charge is 0.457 e. The number of ether oxygens (including phenoxy) is 2. The highest BCUT2D eigenvalue weighted by Crippen LogP contribution is 2.37. The van der Waals surface area contributed by atoms with Crippen molar-refractivity contribution in [3.63, 3.8) is 0 Å². The molecular formula is C26H25N3O4. The first-order valence-corrected chi connectivity index (χ1v) is 10.9. The Bertz CT molecular complexity index is 1370. The summed E-state index contributed by atoms with van der Waals surface area (Å²) in [7, 11) is 1.67. The third kappa shape index (κ3) is 4.03. The van der Waals surface area contributed by atoms with Crippen LogP contribution in [0.5, 0.6) is 11.5 Å². The molecule has 1 aliphatic rings. The van der Waals surface area contributed by atoms with Crippen LogP contribution in [-0.4, -0.2) is 35.1 Å². The number of para-hydroxylation sites is 2. The molecule has 33 heavy (non-hydrogen) atoms. The number of hydrogen-bond donors (Lipinski definition) is 3. The number of rotatable bonds is 6. The molecule has 5 rings (SSSR count). The summed E-state index contributed by atoms with van der Waals surface area (Å²) >= 11 is 0. The number of benzene rings is 2. The zero-order valence-electron chi connectivity index (χ0n) is 18.5. The van der Waals surface area contributed by atoms with E-state index in [9.17, 15) is 9.59 Å². The molecule has 0 aliphatic heterocycles. The van der Waals surface area contributed by atoms with Crippen molar-refractivity contribution >= 4 is 16.7 Å². The van der Waals surface area contributed by atoms with Crippen LogP contribution in [0.3, 0.4) is 0 Å². The monoisotopic (exact) mass is 443 g/mol. The fraction of sp³-hybridized carbons (Fsp3) is 0.231. The van der Waals surface area contributed by atoms with Gasteiger partial charge in [-0.1, -0.05) is 30.3 Å². The number of amides is 1.